The highest BCUT2D eigenvalue weighted by Gasteiger charge is 2.07. The molecule has 0 fully saturated rings. The summed E-state index contributed by atoms with van der Waals surface area (Å²) >= 11 is 5.92. The summed E-state index contributed by atoms with van der Waals surface area (Å²) in [6.07, 6.45) is 9.42. The van der Waals surface area contributed by atoms with Gasteiger partial charge >= 0.3 is 0 Å². The first-order chi connectivity index (χ1) is 10.2. The molecule has 0 aliphatic rings. The average Bonchev–Trinajstić information content (AvgIpc) is 3.10. The minimum Gasteiger partial charge on any atom is -0.354 e. The van der Waals surface area contributed by atoms with Gasteiger partial charge in [-0.3, -0.25) is 4.57 Å². The zero-order valence-electron chi connectivity index (χ0n) is 11.3. The van der Waals surface area contributed by atoms with Crippen LogP contribution >= 0.6 is 11.6 Å². The van der Waals surface area contributed by atoms with E-state index in [1.165, 1.54) is 0 Å². The number of anilines is 1. The average molecular weight is 305 g/mol. The summed E-state index contributed by atoms with van der Waals surface area (Å²) in [5, 5.41) is 3.25. The zero-order valence-corrected chi connectivity index (χ0v) is 12.1. The Hall–Kier alpha value is -2.48. The van der Waals surface area contributed by atoms with Crippen LogP contribution in [0.1, 0.15) is 5.82 Å². The van der Waals surface area contributed by atoms with Gasteiger partial charge in [0.2, 0.25) is 17.2 Å². The fraction of sp³-hybridized carbons (Fsp3) is 0.250. The molecule has 0 unspecified atom stereocenters. The predicted octanol–water partition coefficient (Wildman–Crippen LogP) is 1.10. The molecule has 3 aromatic rings. The number of halogens is 1. The van der Waals surface area contributed by atoms with Crippen molar-refractivity contribution >= 4 is 17.5 Å². The van der Waals surface area contributed by atoms with Crippen molar-refractivity contribution in [1.29, 1.82) is 0 Å². The molecular weight excluding hydrogens is 292 g/mol. The Morgan fingerprint density at radius 2 is 2.10 bits per heavy atom. The zero-order chi connectivity index (χ0) is 14.7. The van der Waals surface area contributed by atoms with E-state index in [0.717, 1.165) is 12.2 Å². The fourth-order valence-electron chi connectivity index (χ4n) is 1.84. The van der Waals surface area contributed by atoms with Crippen molar-refractivity contribution in [2.45, 2.75) is 6.42 Å². The number of rotatable bonds is 5. The topological polar surface area (TPSA) is 86.3 Å². The van der Waals surface area contributed by atoms with Gasteiger partial charge in [-0.25, -0.2) is 9.97 Å². The molecule has 21 heavy (non-hydrogen) atoms. The first-order valence-corrected chi connectivity index (χ1v) is 6.70. The summed E-state index contributed by atoms with van der Waals surface area (Å²) in [4.78, 5) is 20.6. The Labute approximate surface area is 125 Å². The van der Waals surface area contributed by atoms with Gasteiger partial charge in [-0.1, -0.05) is 0 Å². The van der Waals surface area contributed by atoms with Crippen LogP contribution in [0.5, 0.6) is 0 Å². The second-order valence-corrected chi connectivity index (χ2v) is 4.67. The van der Waals surface area contributed by atoms with E-state index in [1.807, 2.05) is 17.8 Å². The smallest absolute Gasteiger partial charge is 0.241 e. The van der Waals surface area contributed by atoms with Crippen LogP contribution < -0.4 is 5.32 Å². The summed E-state index contributed by atoms with van der Waals surface area (Å²) in [7, 11) is 1.96. The number of nitrogens with zero attached hydrogens (tertiary/aromatic N) is 7. The fourth-order valence-corrected chi connectivity index (χ4v) is 1.99. The van der Waals surface area contributed by atoms with E-state index in [9.17, 15) is 0 Å². The van der Waals surface area contributed by atoms with Crippen molar-refractivity contribution in [2.24, 2.45) is 7.05 Å². The van der Waals surface area contributed by atoms with Gasteiger partial charge in [0.1, 0.15) is 12.2 Å². The Kier molecular flexibility index (Phi) is 3.78. The van der Waals surface area contributed by atoms with Crippen molar-refractivity contribution in [3.8, 4) is 5.95 Å². The standard InChI is InChI=1S/C12H13ClN8/c1-20-6-5-15-9(20)2-3-16-11-17-10(13)18-12(19-11)21-7-4-14-8-21/h4-8H,2-3H2,1H3,(H,16,17,18,19). The van der Waals surface area contributed by atoms with Gasteiger partial charge in [0.15, 0.2) is 0 Å². The third kappa shape index (κ3) is 3.16. The molecular formula is C12H13ClN8. The largest absolute Gasteiger partial charge is 0.354 e. The highest BCUT2D eigenvalue weighted by Crippen LogP contribution is 2.09. The lowest BCUT2D eigenvalue weighted by Crippen LogP contribution is -2.12. The monoisotopic (exact) mass is 304 g/mol. The molecule has 0 saturated heterocycles. The maximum atomic E-state index is 5.92. The lowest BCUT2D eigenvalue weighted by Gasteiger charge is -2.07. The molecule has 0 atom stereocenters. The number of hydrogen-bond donors (Lipinski definition) is 1. The highest BCUT2D eigenvalue weighted by molar-refractivity contribution is 6.28. The summed E-state index contributed by atoms with van der Waals surface area (Å²) in [5.74, 6) is 1.83. The molecule has 3 aromatic heterocycles. The number of hydrogen-bond acceptors (Lipinski definition) is 6. The number of imidazole rings is 2. The van der Waals surface area contributed by atoms with Gasteiger partial charge in [-0.05, 0) is 11.6 Å². The number of nitrogens with one attached hydrogen (secondary N) is 1. The van der Waals surface area contributed by atoms with Gasteiger partial charge in [-0.2, -0.15) is 15.0 Å². The first-order valence-electron chi connectivity index (χ1n) is 6.32. The molecule has 0 aliphatic heterocycles. The molecule has 108 valence electrons. The van der Waals surface area contributed by atoms with Crippen LogP contribution in [0.15, 0.2) is 31.1 Å². The molecule has 0 spiro atoms. The van der Waals surface area contributed by atoms with Gasteiger partial charge in [0.05, 0.1) is 0 Å². The van der Waals surface area contributed by atoms with Crippen molar-refractivity contribution in [3.63, 3.8) is 0 Å². The second kappa shape index (κ2) is 5.88. The third-order valence-corrected chi connectivity index (χ3v) is 3.05. The van der Waals surface area contributed by atoms with Crippen molar-refractivity contribution < 1.29 is 0 Å². The summed E-state index contributed by atoms with van der Waals surface area (Å²) in [6.45, 7) is 0.647. The molecule has 0 aliphatic carbocycles. The van der Waals surface area contributed by atoms with E-state index in [-0.39, 0.29) is 5.28 Å². The maximum absolute atomic E-state index is 5.92. The minimum absolute atomic E-state index is 0.133. The molecule has 1 N–H and O–H groups in total. The van der Waals surface area contributed by atoms with Crippen LogP contribution in [0.4, 0.5) is 5.95 Å². The SMILES string of the molecule is Cn1ccnc1CCNc1nc(Cl)nc(-n2ccnc2)n1. The van der Waals surface area contributed by atoms with E-state index >= 15 is 0 Å². The first kappa shape index (κ1) is 13.5. The van der Waals surface area contributed by atoms with E-state index < -0.39 is 0 Å². The van der Waals surface area contributed by atoms with Gasteiger partial charge in [0, 0.05) is 44.8 Å². The van der Waals surface area contributed by atoms with E-state index in [1.54, 1.807) is 29.5 Å². The Morgan fingerprint density at radius 3 is 2.81 bits per heavy atom. The Morgan fingerprint density at radius 1 is 1.19 bits per heavy atom. The van der Waals surface area contributed by atoms with Gasteiger partial charge < -0.3 is 9.88 Å². The Balaban J connectivity index is 1.69. The van der Waals surface area contributed by atoms with Crippen molar-refractivity contribution in [1.82, 2.24) is 34.1 Å². The minimum atomic E-state index is 0.133. The summed E-state index contributed by atoms with van der Waals surface area (Å²) < 4.78 is 3.64. The number of aromatic nitrogens is 7. The number of aryl methyl sites for hydroxylation is 1. The maximum Gasteiger partial charge on any atom is 0.241 e. The van der Waals surface area contributed by atoms with Crippen LogP contribution in [-0.4, -0.2) is 40.6 Å². The molecule has 0 aromatic carbocycles. The summed E-state index contributed by atoms with van der Waals surface area (Å²) in [6, 6.07) is 0. The normalized spacial score (nSPS) is 10.8. The third-order valence-electron chi connectivity index (χ3n) is 2.88. The summed E-state index contributed by atoms with van der Waals surface area (Å²) in [5.41, 5.74) is 0. The molecule has 3 heterocycles. The highest BCUT2D eigenvalue weighted by atomic mass is 35.5. The molecule has 8 nitrogen and oxygen atoms in total. The van der Waals surface area contributed by atoms with E-state index in [2.05, 4.69) is 30.2 Å². The van der Waals surface area contributed by atoms with Crippen LogP contribution in [0.3, 0.4) is 0 Å². The molecule has 0 bridgehead atoms. The van der Waals surface area contributed by atoms with Crippen LogP contribution in [0, 0.1) is 0 Å². The molecule has 0 amide bonds. The second-order valence-electron chi connectivity index (χ2n) is 4.33. The van der Waals surface area contributed by atoms with E-state index in [4.69, 9.17) is 11.6 Å². The van der Waals surface area contributed by atoms with Crippen LogP contribution in [0.25, 0.3) is 5.95 Å². The van der Waals surface area contributed by atoms with Crippen molar-refractivity contribution in [2.75, 3.05) is 11.9 Å². The molecule has 0 saturated carbocycles. The Bertz CT molecular complexity index is 721. The predicted molar refractivity (Wildman–Crippen MR) is 77.4 cm³/mol. The van der Waals surface area contributed by atoms with E-state index in [0.29, 0.717) is 18.4 Å². The molecule has 9 heteroatoms. The lowest BCUT2D eigenvalue weighted by atomic mass is 10.4. The van der Waals surface area contributed by atoms with Crippen molar-refractivity contribution in [3.05, 3.63) is 42.2 Å². The lowest BCUT2D eigenvalue weighted by molar-refractivity contribution is 0.784. The van der Waals surface area contributed by atoms with Gasteiger partial charge in [-0.15, -0.1) is 0 Å². The molecule has 0 radical (unpaired) electrons. The quantitative estimate of drug-likeness (QED) is 0.759. The van der Waals surface area contributed by atoms with Crippen LogP contribution in [0.2, 0.25) is 5.28 Å². The van der Waals surface area contributed by atoms with Crippen LogP contribution in [-0.2, 0) is 13.5 Å². The molecule has 3 rings (SSSR count). The van der Waals surface area contributed by atoms with Gasteiger partial charge in [0.25, 0.3) is 0 Å².